The van der Waals surface area contributed by atoms with Gasteiger partial charge in [0.05, 0.1) is 19.8 Å². The Labute approximate surface area is 97.2 Å². The number of hydrogen-bond acceptors (Lipinski definition) is 3. The fraction of sp³-hybridized carbons (Fsp3) is 0.538. The molecule has 90 valence electrons. The van der Waals surface area contributed by atoms with Crippen LogP contribution in [0.3, 0.4) is 0 Å². The SMILES string of the molecule is COc1ccc(C(C)(C)C)cc1[C@@H](N)CO. The molecule has 3 nitrogen and oxygen atoms in total. The number of methoxy groups -OCH3 is 1. The molecule has 0 fully saturated rings. The molecule has 0 heterocycles. The zero-order valence-electron chi connectivity index (χ0n) is 10.4. The van der Waals surface area contributed by atoms with Crippen LogP contribution in [0.4, 0.5) is 0 Å². The van der Waals surface area contributed by atoms with Crippen LogP contribution in [-0.2, 0) is 5.41 Å². The van der Waals surface area contributed by atoms with Crippen LogP contribution in [0.5, 0.6) is 5.75 Å². The number of nitrogens with two attached hydrogens (primary N) is 1. The Morgan fingerprint density at radius 2 is 2.00 bits per heavy atom. The van der Waals surface area contributed by atoms with Crippen LogP contribution in [0.2, 0.25) is 0 Å². The molecule has 0 saturated heterocycles. The average Bonchev–Trinajstić information content (AvgIpc) is 2.25. The minimum Gasteiger partial charge on any atom is -0.496 e. The molecule has 16 heavy (non-hydrogen) atoms. The van der Waals surface area contributed by atoms with E-state index in [9.17, 15) is 0 Å². The fourth-order valence-corrected chi connectivity index (χ4v) is 1.59. The topological polar surface area (TPSA) is 55.5 Å². The number of hydrogen-bond donors (Lipinski definition) is 2. The van der Waals surface area contributed by atoms with Crippen molar-refractivity contribution in [2.24, 2.45) is 5.73 Å². The summed E-state index contributed by atoms with van der Waals surface area (Å²) in [5.74, 6) is 0.731. The summed E-state index contributed by atoms with van der Waals surface area (Å²) >= 11 is 0. The Morgan fingerprint density at radius 1 is 1.38 bits per heavy atom. The van der Waals surface area contributed by atoms with Crippen LogP contribution in [0.25, 0.3) is 0 Å². The van der Waals surface area contributed by atoms with E-state index < -0.39 is 6.04 Å². The van der Waals surface area contributed by atoms with E-state index in [-0.39, 0.29) is 12.0 Å². The Balaban J connectivity index is 3.21. The van der Waals surface area contributed by atoms with Gasteiger partial charge in [-0.15, -0.1) is 0 Å². The molecule has 1 aromatic rings. The first-order chi connectivity index (χ1) is 7.40. The molecule has 0 radical (unpaired) electrons. The number of rotatable bonds is 3. The van der Waals surface area contributed by atoms with E-state index in [1.807, 2.05) is 18.2 Å². The summed E-state index contributed by atoms with van der Waals surface area (Å²) in [5.41, 5.74) is 7.96. The maximum Gasteiger partial charge on any atom is 0.123 e. The summed E-state index contributed by atoms with van der Waals surface area (Å²) in [7, 11) is 1.61. The van der Waals surface area contributed by atoms with Gasteiger partial charge < -0.3 is 15.6 Å². The van der Waals surface area contributed by atoms with Gasteiger partial charge in [0, 0.05) is 5.56 Å². The highest BCUT2D eigenvalue weighted by Gasteiger charge is 2.18. The van der Waals surface area contributed by atoms with Crippen molar-refractivity contribution in [2.75, 3.05) is 13.7 Å². The summed E-state index contributed by atoms with van der Waals surface area (Å²) < 4.78 is 5.24. The Bertz CT molecular complexity index is 355. The van der Waals surface area contributed by atoms with Gasteiger partial charge in [-0.1, -0.05) is 26.8 Å². The van der Waals surface area contributed by atoms with Crippen molar-refractivity contribution < 1.29 is 9.84 Å². The number of aliphatic hydroxyl groups excluding tert-OH is 1. The van der Waals surface area contributed by atoms with E-state index in [2.05, 4.69) is 20.8 Å². The summed E-state index contributed by atoms with van der Waals surface area (Å²) in [6.45, 7) is 6.35. The first-order valence-electron chi connectivity index (χ1n) is 5.45. The molecule has 0 unspecified atom stereocenters. The molecule has 0 aliphatic heterocycles. The standard InChI is InChI=1S/C13H21NO2/c1-13(2,3)9-5-6-12(16-4)10(7-9)11(14)8-15/h5-7,11,15H,8,14H2,1-4H3/t11-/m0/s1. The molecular formula is C13H21NO2. The molecule has 1 rings (SSSR count). The van der Waals surface area contributed by atoms with Crippen LogP contribution in [0, 0.1) is 0 Å². The van der Waals surface area contributed by atoms with E-state index in [0.717, 1.165) is 11.3 Å². The molecule has 1 aromatic carbocycles. The summed E-state index contributed by atoms with van der Waals surface area (Å²) in [6, 6.07) is 5.56. The largest absolute Gasteiger partial charge is 0.496 e. The highest BCUT2D eigenvalue weighted by Crippen LogP contribution is 2.30. The molecule has 0 aliphatic carbocycles. The van der Waals surface area contributed by atoms with Gasteiger partial charge >= 0.3 is 0 Å². The second-order valence-corrected chi connectivity index (χ2v) is 5.00. The minimum absolute atomic E-state index is 0.0657. The highest BCUT2D eigenvalue weighted by atomic mass is 16.5. The van der Waals surface area contributed by atoms with Crippen LogP contribution in [0.1, 0.15) is 37.9 Å². The third-order valence-corrected chi connectivity index (χ3v) is 2.69. The lowest BCUT2D eigenvalue weighted by molar-refractivity contribution is 0.264. The molecule has 0 spiro atoms. The van der Waals surface area contributed by atoms with E-state index in [1.54, 1.807) is 7.11 Å². The molecule has 1 atom stereocenters. The molecule has 0 bridgehead atoms. The third kappa shape index (κ3) is 2.74. The normalized spacial score (nSPS) is 13.6. The van der Waals surface area contributed by atoms with Crippen molar-refractivity contribution in [3.63, 3.8) is 0 Å². The molecular weight excluding hydrogens is 202 g/mol. The molecule has 3 heteroatoms. The maximum absolute atomic E-state index is 9.12. The summed E-state index contributed by atoms with van der Waals surface area (Å²) in [4.78, 5) is 0. The van der Waals surface area contributed by atoms with Crippen LogP contribution < -0.4 is 10.5 Å². The van der Waals surface area contributed by atoms with E-state index in [0.29, 0.717) is 0 Å². The molecule has 0 aromatic heterocycles. The number of benzene rings is 1. The molecule has 0 aliphatic rings. The maximum atomic E-state index is 9.12. The number of aliphatic hydroxyl groups is 1. The van der Waals surface area contributed by atoms with Crippen LogP contribution in [0.15, 0.2) is 18.2 Å². The molecule has 3 N–H and O–H groups in total. The van der Waals surface area contributed by atoms with Crippen molar-refractivity contribution in [1.29, 1.82) is 0 Å². The molecule has 0 amide bonds. The van der Waals surface area contributed by atoms with Crippen LogP contribution >= 0.6 is 0 Å². The van der Waals surface area contributed by atoms with Gasteiger partial charge in [0.1, 0.15) is 5.75 Å². The number of ether oxygens (including phenoxy) is 1. The van der Waals surface area contributed by atoms with Crippen molar-refractivity contribution in [2.45, 2.75) is 32.2 Å². The van der Waals surface area contributed by atoms with Gasteiger partial charge in [0.15, 0.2) is 0 Å². The van der Waals surface area contributed by atoms with Crippen molar-refractivity contribution >= 4 is 0 Å². The fourth-order valence-electron chi connectivity index (χ4n) is 1.59. The Kier molecular flexibility index (Phi) is 3.94. The predicted octanol–water partition coefficient (Wildman–Crippen LogP) is 1.98. The second kappa shape index (κ2) is 4.85. The lowest BCUT2D eigenvalue weighted by Gasteiger charge is -2.22. The molecule has 0 saturated carbocycles. The van der Waals surface area contributed by atoms with Gasteiger partial charge in [-0.3, -0.25) is 0 Å². The first-order valence-corrected chi connectivity index (χ1v) is 5.45. The van der Waals surface area contributed by atoms with Crippen molar-refractivity contribution in [1.82, 2.24) is 0 Å². The van der Waals surface area contributed by atoms with Gasteiger partial charge in [0.25, 0.3) is 0 Å². The zero-order chi connectivity index (χ0) is 12.3. The third-order valence-electron chi connectivity index (χ3n) is 2.69. The van der Waals surface area contributed by atoms with Gasteiger partial charge in [-0.05, 0) is 23.1 Å². The predicted molar refractivity (Wildman–Crippen MR) is 65.7 cm³/mol. The minimum atomic E-state index is -0.391. The van der Waals surface area contributed by atoms with Crippen LogP contribution in [-0.4, -0.2) is 18.8 Å². The van der Waals surface area contributed by atoms with E-state index in [4.69, 9.17) is 15.6 Å². The Morgan fingerprint density at radius 3 is 2.44 bits per heavy atom. The van der Waals surface area contributed by atoms with Gasteiger partial charge in [-0.25, -0.2) is 0 Å². The summed E-state index contributed by atoms with van der Waals surface area (Å²) in [5, 5.41) is 9.12. The van der Waals surface area contributed by atoms with Crippen molar-refractivity contribution in [3.05, 3.63) is 29.3 Å². The lowest BCUT2D eigenvalue weighted by Crippen LogP contribution is -2.18. The second-order valence-electron chi connectivity index (χ2n) is 5.00. The quantitative estimate of drug-likeness (QED) is 0.824. The highest BCUT2D eigenvalue weighted by molar-refractivity contribution is 5.41. The van der Waals surface area contributed by atoms with Crippen molar-refractivity contribution in [3.8, 4) is 5.75 Å². The Hall–Kier alpha value is -1.06. The monoisotopic (exact) mass is 223 g/mol. The van der Waals surface area contributed by atoms with Gasteiger partial charge in [-0.2, -0.15) is 0 Å². The average molecular weight is 223 g/mol. The lowest BCUT2D eigenvalue weighted by atomic mass is 9.85. The summed E-state index contributed by atoms with van der Waals surface area (Å²) in [6.07, 6.45) is 0. The van der Waals surface area contributed by atoms with E-state index >= 15 is 0 Å². The van der Waals surface area contributed by atoms with E-state index in [1.165, 1.54) is 5.56 Å². The first kappa shape index (κ1) is 13.0. The van der Waals surface area contributed by atoms with Gasteiger partial charge in [0.2, 0.25) is 0 Å². The zero-order valence-corrected chi connectivity index (χ0v) is 10.4. The smallest absolute Gasteiger partial charge is 0.123 e.